The van der Waals surface area contributed by atoms with Crippen LogP contribution in [0.25, 0.3) is 11.2 Å². The Morgan fingerprint density at radius 2 is 1.92 bits per heavy atom. The summed E-state index contributed by atoms with van der Waals surface area (Å²) in [7, 11) is 0. The molecule has 14 heteroatoms. The Morgan fingerprint density at radius 3 is 2.65 bits per heavy atom. The van der Waals surface area contributed by atoms with E-state index in [2.05, 4.69) is 51.9 Å². The van der Waals surface area contributed by atoms with Crippen molar-refractivity contribution in [3.63, 3.8) is 0 Å². The van der Waals surface area contributed by atoms with Crippen molar-refractivity contribution in [3.8, 4) is 11.8 Å². The Bertz CT molecular complexity index is 1320. The number of imidazole rings is 1. The van der Waals surface area contributed by atoms with Gasteiger partial charge < -0.3 is 30.9 Å². The van der Waals surface area contributed by atoms with Gasteiger partial charge in [-0.15, -0.1) is 0 Å². The summed E-state index contributed by atoms with van der Waals surface area (Å²) in [5, 5.41) is 23.5. The molecule has 5 N–H and O–H groups in total. The molecule has 2 saturated heterocycles. The normalized spacial score (nSPS) is 24.1. The zero-order valence-electron chi connectivity index (χ0n) is 20.2. The van der Waals surface area contributed by atoms with Gasteiger partial charge in [0.2, 0.25) is 11.8 Å². The molecule has 0 aliphatic carbocycles. The first-order valence-corrected chi connectivity index (χ1v) is 12.0. The SMILES string of the molecule is CCNC(=O)[C@H]1O[C@@H](n2cnc3c(N)nc(C#CCN4CCN(c5ncccn5)CC4)nc32)C(O)C1O. The number of carbonyl (C=O) groups is 1. The summed E-state index contributed by atoms with van der Waals surface area (Å²) in [6.45, 7) is 5.86. The number of ether oxygens (including phenoxy) is 1. The minimum Gasteiger partial charge on any atom is -0.387 e. The van der Waals surface area contributed by atoms with E-state index in [9.17, 15) is 15.0 Å². The molecule has 194 valence electrons. The van der Waals surface area contributed by atoms with Gasteiger partial charge in [-0.25, -0.2) is 24.9 Å². The molecule has 3 aromatic rings. The van der Waals surface area contributed by atoms with Crippen molar-refractivity contribution >= 4 is 28.8 Å². The van der Waals surface area contributed by atoms with Crippen molar-refractivity contribution in [2.45, 2.75) is 31.5 Å². The number of likely N-dealkylation sites (N-methyl/N-ethyl adjacent to an activating group) is 1. The Balaban J connectivity index is 1.28. The number of piperazine rings is 1. The van der Waals surface area contributed by atoms with Gasteiger partial charge in [-0.2, -0.15) is 0 Å². The summed E-state index contributed by atoms with van der Waals surface area (Å²) in [6, 6.07) is 1.80. The topological polar surface area (TPSA) is 181 Å². The van der Waals surface area contributed by atoms with Gasteiger partial charge in [0.05, 0.1) is 12.9 Å². The zero-order valence-corrected chi connectivity index (χ0v) is 20.2. The van der Waals surface area contributed by atoms with Crippen molar-refractivity contribution in [2.75, 3.05) is 49.9 Å². The summed E-state index contributed by atoms with van der Waals surface area (Å²) in [5.41, 5.74) is 6.67. The third-order valence-corrected chi connectivity index (χ3v) is 6.28. The van der Waals surface area contributed by atoms with Crippen LogP contribution >= 0.6 is 0 Å². The van der Waals surface area contributed by atoms with Gasteiger partial charge in [-0.05, 0) is 18.9 Å². The second kappa shape index (κ2) is 10.6. The highest BCUT2D eigenvalue weighted by atomic mass is 16.6. The van der Waals surface area contributed by atoms with Crippen LogP contribution in [0.1, 0.15) is 19.0 Å². The van der Waals surface area contributed by atoms with E-state index in [1.54, 1.807) is 25.4 Å². The number of aromatic nitrogens is 6. The van der Waals surface area contributed by atoms with Gasteiger partial charge in [0.15, 0.2) is 23.8 Å². The number of hydrogen-bond acceptors (Lipinski definition) is 12. The van der Waals surface area contributed by atoms with Gasteiger partial charge in [0, 0.05) is 45.1 Å². The fourth-order valence-corrected chi connectivity index (χ4v) is 4.35. The third kappa shape index (κ3) is 5.02. The van der Waals surface area contributed by atoms with E-state index >= 15 is 0 Å². The number of nitrogens with two attached hydrogens (primary N) is 1. The molecule has 37 heavy (non-hydrogen) atoms. The molecule has 2 fully saturated rings. The number of aliphatic hydroxyl groups is 2. The van der Waals surface area contributed by atoms with E-state index in [-0.39, 0.29) is 17.3 Å². The predicted octanol–water partition coefficient (Wildman–Crippen LogP) is -1.87. The molecule has 0 bridgehead atoms. The number of fused-ring (bicyclic) bond motifs is 1. The van der Waals surface area contributed by atoms with E-state index in [0.29, 0.717) is 18.6 Å². The number of aliphatic hydroxyl groups excluding tert-OH is 2. The third-order valence-electron chi connectivity index (χ3n) is 6.28. The van der Waals surface area contributed by atoms with Crippen LogP contribution in [-0.2, 0) is 9.53 Å². The van der Waals surface area contributed by atoms with Crippen molar-refractivity contribution < 1.29 is 19.7 Å². The van der Waals surface area contributed by atoms with Crippen LogP contribution < -0.4 is 16.0 Å². The largest absolute Gasteiger partial charge is 0.387 e. The van der Waals surface area contributed by atoms with Crippen LogP contribution in [-0.4, -0.2) is 108 Å². The van der Waals surface area contributed by atoms with Crippen LogP contribution in [0.5, 0.6) is 0 Å². The van der Waals surface area contributed by atoms with Gasteiger partial charge in [-0.3, -0.25) is 14.3 Å². The summed E-state index contributed by atoms with van der Waals surface area (Å²) >= 11 is 0. The summed E-state index contributed by atoms with van der Waals surface area (Å²) in [6.07, 6.45) is -0.270. The maximum Gasteiger partial charge on any atom is 0.252 e. The number of amides is 1. The molecule has 5 heterocycles. The number of nitrogens with zero attached hydrogens (tertiary/aromatic N) is 8. The highest BCUT2D eigenvalue weighted by Crippen LogP contribution is 2.32. The lowest BCUT2D eigenvalue weighted by Crippen LogP contribution is -2.47. The van der Waals surface area contributed by atoms with E-state index in [1.165, 1.54) is 10.9 Å². The Hall–Kier alpha value is -3.90. The molecule has 2 aliphatic heterocycles. The summed E-state index contributed by atoms with van der Waals surface area (Å²) in [4.78, 5) is 38.1. The molecule has 4 atom stereocenters. The van der Waals surface area contributed by atoms with Crippen molar-refractivity contribution in [2.24, 2.45) is 0 Å². The van der Waals surface area contributed by atoms with Crippen LogP contribution in [0.2, 0.25) is 0 Å². The molecule has 0 saturated carbocycles. The van der Waals surface area contributed by atoms with Crippen molar-refractivity contribution in [3.05, 3.63) is 30.6 Å². The standard InChI is InChI=1S/C23H28N10O4/c1-2-25-21(36)18-16(34)17(35)22(37-18)33-13-28-15-19(24)29-14(30-20(15)33)5-3-8-31-9-11-32(12-10-31)23-26-6-4-7-27-23/h4,6-7,13,16-18,22,34-35H,2,8-12H2,1H3,(H,25,36)(H2,24,29,30)/t16?,17?,18-,22+/m0/s1. The maximum atomic E-state index is 12.2. The first-order chi connectivity index (χ1) is 18.0. The van der Waals surface area contributed by atoms with E-state index in [1.807, 2.05) is 0 Å². The zero-order chi connectivity index (χ0) is 25.9. The van der Waals surface area contributed by atoms with Crippen LogP contribution in [0.3, 0.4) is 0 Å². The molecular formula is C23H28N10O4. The van der Waals surface area contributed by atoms with E-state index in [4.69, 9.17) is 10.5 Å². The molecular weight excluding hydrogens is 480 g/mol. The minimum atomic E-state index is -1.42. The Morgan fingerprint density at radius 1 is 1.16 bits per heavy atom. The number of carbonyl (C=O) groups excluding carboxylic acids is 1. The second-order valence-corrected chi connectivity index (χ2v) is 8.69. The van der Waals surface area contributed by atoms with Gasteiger partial charge >= 0.3 is 0 Å². The molecule has 0 radical (unpaired) electrons. The average molecular weight is 509 g/mol. The lowest BCUT2D eigenvalue weighted by Gasteiger charge is -2.33. The van der Waals surface area contributed by atoms with Gasteiger partial charge in [0.1, 0.15) is 17.7 Å². The number of rotatable bonds is 5. The number of nitrogen functional groups attached to an aromatic ring is 1. The second-order valence-electron chi connectivity index (χ2n) is 8.69. The van der Waals surface area contributed by atoms with Crippen molar-refractivity contribution in [1.82, 2.24) is 39.7 Å². The van der Waals surface area contributed by atoms with Gasteiger partial charge in [0.25, 0.3) is 5.91 Å². The first-order valence-electron chi connectivity index (χ1n) is 12.0. The Labute approximate surface area is 212 Å². The minimum absolute atomic E-state index is 0.123. The smallest absolute Gasteiger partial charge is 0.252 e. The fourth-order valence-electron chi connectivity index (χ4n) is 4.35. The van der Waals surface area contributed by atoms with Crippen LogP contribution in [0.4, 0.5) is 11.8 Å². The lowest BCUT2D eigenvalue weighted by atomic mass is 10.1. The van der Waals surface area contributed by atoms with E-state index < -0.39 is 30.4 Å². The summed E-state index contributed by atoms with van der Waals surface area (Å²) < 4.78 is 7.11. The van der Waals surface area contributed by atoms with E-state index in [0.717, 1.165) is 32.1 Å². The fraction of sp³-hybridized carbons (Fsp3) is 0.478. The van der Waals surface area contributed by atoms with Crippen LogP contribution in [0, 0.1) is 11.8 Å². The Kier molecular flexibility index (Phi) is 7.10. The molecule has 5 rings (SSSR count). The molecule has 2 unspecified atom stereocenters. The number of nitrogens with one attached hydrogen (secondary N) is 1. The number of hydrogen-bond donors (Lipinski definition) is 4. The molecule has 14 nitrogen and oxygen atoms in total. The van der Waals surface area contributed by atoms with Crippen molar-refractivity contribution in [1.29, 1.82) is 0 Å². The quantitative estimate of drug-likeness (QED) is 0.282. The molecule has 1 amide bonds. The highest BCUT2D eigenvalue weighted by molar-refractivity contribution is 5.83. The highest BCUT2D eigenvalue weighted by Gasteiger charge is 2.47. The number of anilines is 2. The molecule has 0 spiro atoms. The monoisotopic (exact) mass is 508 g/mol. The van der Waals surface area contributed by atoms with Crippen LogP contribution in [0.15, 0.2) is 24.8 Å². The average Bonchev–Trinajstić information content (AvgIpc) is 3.46. The van der Waals surface area contributed by atoms with Gasteiger partial charge in [-0.1, -0.05) is 5.92 Å². The predicted molar refractivity (Wildman–Crippen MR) is 132 cm³/mol. The molecule has 3 aromatic heterocycles. The first kappa shape index (κ1) is 24.8. The lowest BCUT2D eigenvalue weighted by molar-refractivity contribution is -0.137. The molecule has 0 aromatic carbocycles. The summed E-state index contributed by atoms with van der Waals surface area (Å²) in [5.74, 6) is 6.57. The molecule has 2 aliphatic rings. The maximum absolute atomic E-state index is 12.2.